The van der Waals surface area contributed by atoms with Gasteiger partial charge in [-0.3, -0.25) is 4.90 Å². The molecule has 0 aromatic heterocycles. The van der Waals surface area contributed by atoms with Crippen LogP contribution in [0.3, 0.4) is 0 Å². The number of benzene rings is 1. The van der Waals surface area contributed by atoms with Gasteiger partial charge in [0.1, 0.15) is 5.75 Å². The van der Waals surface area contributed by atoms with E-state index in [4.69, 9.17) is 0 Å². The molecule has 1 saturated carbocycles. The predicted molar refractivity (Wildman–Crippen MR) is 85.6 cm³/mol. The van der Waals surface area contributed by atoms with Crippen molar-refractivity contribution in [2.24, 2.45) is 11.8 Å². The minimum atomic E-state index is 0.243. The maximum atomic E-state index is 9.94. The standard InChI is InChI=1S/C19H25NO/c1-3-8-20-12-13-6-7-19(2)16-11-15(21)5-4-14(16)10-18(20)17(19)9-13/h3-5,11,13,17-18,21H,1,6-10,12H2,2H3/t13?,17?,18?,19-/m0/s1. The van der Waals surface area contributed by atoms with Crippen LogP contribution in [-0.4, -0.2) is 29.1 Å². The van der Waals surface area contributed by atoms with E-state index in [1.54, 1.807) is 0 Å². The summed E-state index contributed by atoms with van der Waals surface area (Å²) in [5.74, 6) is 2.02. The molecular formula is C19H25NO. The van der Waals surface area contributed by atoms with Crippen molar-refractivity contribution in [3.05, 3.63) is 42.0 Å². The highest BCUT2D eigenvalue weighted by Gasteiger charge is 2.52. The second-order valence-electron chi connectivity index (χ2n) is 7.52. The molecule has 3 unspecified atom stereocenters. The zero-order valence-electron chi connectivity index (χ0n) is 12.9. The number of rotatable bonds is 2. The van der Waals surface area contributed by atoms with Crippen LogP contribution in [0, 0.1) is 11.8 Å². The summed E-state index contributed by atoms with van der Waals surface area (Å²) in [5, 5.41) is 9.94. The number of likely N-dealkylation sites (tertiary alicyclic amines) is 1. The Morgan fingerprint density at radius 3 is 3.14 bits per heavy atom. The van der Waals surface area contributed by atoms with Crippen LogP contribution in [0.2, 0.25) is 0 Å². The summed E-state index contributed by atoms with van der Waals surface area (Å²) in [6.45, 7) is 8.65. The van der Waals surface area contributed by atoms with Gasteiger partial charge in [-0.05, 0) is 66.2 Å². The van der Waals surface area contributed by atoms with Crippen molar-refractivity contribution in [3.8, 4) is 5.75 Å². The number of phenolic OH excluding ortho intramolecular Hbond substituents is 1. The molecule has 3 aliphatic rings. The molecule has 1 saturated heterocycles. The van der Waals surface area contributed by atoms with E-state index in [-0.39, 0.29) is 5.41 Å². The average molecular weight is 283 g/mol. The van der Waals surface area contributed by atoms with E-state index in [9.17, 15) is 5.11 Å². The van der Waals surface area contributed by atoms with E-state index >= 15 is 0 Å². The molecule has 2 nitrogen and oxygen atoms in total. The highest BCUT2D eigenvalue weighted by molar-refractivity contribution is 5.44. The summed E-state index contributed by atoms with van der Waals surface area (Å²) < 4.78 is 0. The molecule has 112 valence electrons. The molecule has 2 bridgehead atoms. The zero-order valence-corrected chi connectivity index (χ0v) is 12.9. The Balaban J connectivity index is 1.82. The quantitative estimate of drug-likeness (QED) is 0.840. The summed E-state index contributed by atoms with van der Waals surface area (Å²) in [4.78, 5) is 2.67. The van der Waals surface area contributed by atoms with E-state index in [2.05, 4.69) is 30.5 Å². The summed E-state index contributed by atoms with van der Waals surface area (Å²) in [7, 11) is 0. The number of piperidine rings is 1. The fourth-order valence-electron chi connectivity index (χ4n) is 5.38. The van der Waals surface area contributed by atoms with Crippen molar-refractivity contribution in [2.45, 2.75) is 44.1 Å². The minimum absolute atomic E-state index is 0.243. The largest absolute Gasteiger partial charge is 0.508 e. The van der Waals surface area contributed by atoms with Crippen LogP contribution >= 0.6 is 0 Å². The molecule has 21 heavy (non-hydrogen) atoms. The fraction of sp³-hybridized carbons (Fsp3) is 0.579. The Bertz CT molecular complexity index is 581. The van der Waals surface area contributed by atoms with Crippen molar-refractivity contribution in [1.82, 2.24) is 4.90 Å². The molecule has 1 aromatic carbocycles. The first kappa shape index (κ1) is 13.4. The molecule has 2 heteroatoms. The number of fused-ring (bicyclic) bond motifs is 3. The Labute approximate surface area is 127 Å². The lowest BCUT2D eigenvalue weighted by atomic mass is 9.53. The fourth-order valence-corrected chi connectivity index (χ4v) is 5.38. The molecule has 4 rings (SSSR count). The molecule has 1 aromatic rings. The van der Waals surface area contributed by atoms with Gasteiger partial charge < -0.3 is 5.11 Å². The zero-order chi connectivity index (χ0) is 14.6. The van der Waals surface area contributed by atoms with Crippen molar-refractivity contribution >= 4 is 0 Å². The Kier molecular flexibility index (Phi) is 2.94. The van der Waals surface area contributed by atoms with Gasteiger partial charge in [0.25, 0.3) is 0 Å². The minimum Gasteiger partial charge on any atom is -0.508 e. The van der Waals surface area contributed by atoms with Gasteiger partial charge >= 0.3 is 0 Å². The summed E-state index contributed by atoms with van der Waals surface area (Å²) in [6, 6.07) is 6.70. The number of hydrogen-bond acceptors (Lipinski definition) is 2. The van der Waals surface area contributed by atoms with Crippen molar-refractivity contribution in [3.63, 3.8) is 0 Å². The summed E-state index contributed by atoms with van der Waals surface area (Å²) in [5.41, 5.74) is 3.11. The highest BCUT2D eigenvalue weighted by Crippen LogP contribution is 2.55. The molecule has 2 aliphatic carbocycles. The van der Waals surface area contributed by atoms with E-state index in [0.29, 0.717) is 11.8 Å². The first-order chi connectivity index (χ1) is 10.1. The van der Waals surface area contributed by atoms with Gasteiger partial charge in [-0.15, -0.1) is 6.58 Å². The van der Waals surface area contributed by atoms with Gasteiger partial charge in [-0.2, -0.15) is 0 Å². The van der Waals surface area contributed by atoms with Gasteiger partial charge in [-0.1, -0.05) is 19.1 Å². The molecule has 1 N–H and O–H groups in total. The number of aromatic hydroxyl groups is 1. The topological polar surface area (TPSA) is 23.5 Å². The molecule has 2 fully saturated rings. The van der Waals surface area contributed by atoms with Crippen molar-refractivity contribution in [2.75, 3.05) is 13.1 Å². The second-order valence-corrected chi connectivity index (χ2v) is 7.52. The molecule has 1 aliphatic heterocycles. The SMILES string of the molecule is C=CCN1CC2CC[C@@]3(C)c4cc(O)ccc4CC1C3C2. The van der Waals surface area contributed by atoms with Crippen LogP contribution in [0.25, 0.3) is 0 Å². The molecule has 4 atom stereocenters. The van der Waals surface area contributed by atoms with E-state index in [0.717, 1.165) is 24.8 Å². The van der Waals surface area contributed by atoms with Crippen LogP contribution in [-0.2, 0) is 11.8 Å². The lowest BCUT2D eigenvalue weighted by molar-refractivity contribution is -0.0218. The maximum absolute atomic E-state index is 9.94. The van der Waals surface area contributed by atoms with Gasteiger partial charge in [0.15, 0.2) is 0 Å². The smallest absolute Gasteiger partial charge is 0.115 e. The first-order valence-electron chi connectivity index (χ1n) is 8.29. The molecule has 0 amide bonds. The van der Waals surface area contributed by atoms with E-state index in [1.165, 1.54) is 36.9 Å². The Morgan fingerprint density at radius 2 is 2.33 bits per heavy atom. The predicted octanol–water partition coefficient (Wildman–Crippen LogP) is 3.49. The van der Waals surface area contributed by atoms with Crippen LogP contribution in [0.15, 0.2) is 30.9 Å². The number of hydrogen-bond donors (Lipinski definition) is 1. The lowest BCUT2D eigenvalue weighted by Gasteiger charge is -2.58. The van der Waals surface area contributed by atoms with Crippen LogP contribution in [0.1, 0.15) is 37.3 Å². The molecular weight excluding hydrogens is 258 g/mol. The maximum Gasteiger partial charge on any atom is 0.115 e. The monoisotopic (exact) mass is 283 g/mol. The number of nitrogens with zero attached hydrogens (tertiary/aromatic N) is 1. The molecule has 0 spiro atoms. The van der Waals surface area contributed by atoms with Crippen LogP contribution in [0.5, 0.6) is 5.75 Å². The number of phenols is 1. The third-order valence-corrected chi connectivity index (χ3v) is 6.41. The first-order valence-corrected chi connectivity index (χ1v) is 8.29. The third kappa shape index (κ3) is 1.88. The van der Waals surface area contributed by atoms with Crippen LogP contribution in [0.4, 0.5) is 0 Å². The molecule has 1 heterocycles. The highest BCUT2D eigenvalue weighted by atomic mass is 16.3. The lowest BCUT2D eigenvalue weighted by Crippen LogP contribution is -2.60. The summed E-state index contributed by atoms with van der Waals surface area (Å²) in [6.07, 6.45) is 7.16. The van der Waals surface area contributed by atoms with E-state index in [1.807, 2.05) is 12.1 Å². The third-order valence-electron chi connectivity index (χ3n) is 6.41. The van der Waals surface area contributed by atoms with Gasteiger partial charge in [0, 0.05) is 19.1 Å². The van der Waals surface area contributed by atoms with E-state index < -0.39 is 0 Å². The van der Waals surface area contributed by atoms with Gasteiger partial charge in [0.2, 0.25) is 0 Å². The van der Waals surface area contributed by atoms with Gasteiger partial charge in [-0.25, -0.2) is 0 Å². The van der Waals surface area contributed by atoms with Crippen LogP contribution < -0.4 is 0 Å². The van der Waals surface area contributed by atoms with Crippen molar-refractivity contribution < 1.29 is 5.11 Å². The molecule has 0 radical (unpaired) electrons. The summed E-state index contributed by atoms with van der Waals surface area (Å²) >= 11 is 0. The normalized spacial score (nSPS) is 37.9. The van der Waals surface area contributed by atoms with Gasteiger partial charge in [0.05, 0.1) is 0 Å². The second kappa shape index (κ2) is 4.61. The van der Waals surface area contributed by atoms with Crippen molar-refractivity contribution in [1.29, 1.82) is 0 Å². The average Bonchev–Trinajstić information content (AvgIpc) is 2.48. The Morgan fingerprint density at radius 1 is 1.48 bits per heavy atom. The Hall–Kier alpha value is -1.28.